The van der Waals surface area contributed by atoms with Crippen LogP contribution in [-0.4, -0.2) is 13.7 Å². The first-order valence-corrected chi connectivity index (χ1v) is 5.26. The van der Waals surface area contributed by atoms with Crippen molar-refractivity contribution in [2.45, 2.75) is 18.3 Å². The van der Waals surface area contributed by atoms with Crippen molar-refractivity contribution in [3.63, 3.8) is 0 Å². The number of rotatable bonds is 4. The van der Waals surface area contributed by atoms with E-state index in [1.54, 1.807) is 7.11 Å². The molecule has 2 N–H and O–H groups in total. The number of halogens is 1. The SMILES string of the molecule is COc1cccc(Cl)c1C1(CON)CC1. The average molecular weight is 228 g/mol. The summed E-state index contributed by atoms with van der Waals surface area (Å²) in [5.74, 6) is 5.97. The van der Waals surface area contributed by atoms with Gasteiger partial charge in [-0.3, -0.25) is 0 Å². The van der Waals surface area contributed by atoms with Crippen molar-refractivity contribution < 1.29 is 9.57 Å². The number of hydrogen-bond acceptors (Lipinski definition) is 3. The Bertz CT molecular complexity index is 364. The highest BCUT2D eigenvalue weighted by molar-refractivity contribution is 6.31. The molecule has 1 fully saturated rings. The van der Waals surface area contributed by atoms with Crippen molar-refractivity contribution in [2.75, 3.05) is 13.7 Å². The molecule has 0 aromatic heterocycles. The Morgan fingerprint density at radius 1 is 1.47 bits per heavy atom. The van der Waals surface area contributed by atoms with Crippen LogP contribution in [0.15, 0.2) is 18.2 Å². The van der Waals surface area contributed by atoms with Crippen molar-refractivity contribution in [2.24, 2.45) is 5.90 Å². The molecular formula is C11H14ClNO2. The van der Waals surface area contributed by atoms with Crippen LogP contribution in [0.3, 0.4) is 0 Å². The van der Waals surface area contributed by atoms with E-state index in [9.17, 15) is 0 Å². The lowest BCUT2D eigenvalue weighted by molar-refractivity contribution is 0.115. The number of ether oxygens (including phenoxy) is 1. The maximum atomic E-state index is 6.19. The molecule has 0 aliphatic heterocycles. The van der Waals surface area contributed by atoms with Crippen LogP contribution >= 0.6 is 11.6 Å². The van der Waals surface area contributed by atoms with Gasteiger partial charge in [0.05, 0.1) is 13.7 Å². The van der Waals surface area contributed by atoms with Gasteiger partial charge in [-0.2, -0.15) is 0 Å². The molecule has 2 rings (SSSR count). The van der Waals surface area contributed by atoms with Crippen LogP contribution < -0.4 is 10.6 Å². The third-order valence-electron chi connectivity index (χ3n) is 2.94. The maximum absolute atomic E-state index is 6.19. The summed E-state index contributed by atoms with van der Waals surface area (Å²) in [6.07, 6.45) is 2.09. The van der Waals surface area contributed by atoms with Gasteiger partial charge in [-0.15, -0.1) is 0 Å². The zero-order chi connectivity index (χ0) is 10.9. The van der Waals surface area contributed by atoms with Crippen molar-refractivity contribution in [1.29, 1.82) is 0 Å². The van der Waals surface area contributed by atoms with Crippen LogP contribution in [0, 0.1) is 0 Å². The molecule has 0 atom stereocenters. The molecule has 3 nitrogen and oxygen atoms in total. The summed E-state index contributed by atoms with van der Waals surface area (Å²) in [5, 5.41) is 0.726. The molecule has 0 saturated heterocycles. The van der Waals surface area contributed by atoms with E-state index >= 15 is 0 Å². The van der Waals surface area contributed by atoms with Crippen molar-refractivity contribution >= 4 is 11.6 Å². The molecule has 0 unspecified atom stereocenters. The highest BCUT2D eigenvalue weighted by atomic mass is 35.5. The van der Waals surface area contributed by atoms with Crippen LogP contribution in [0.5, 0.6) is 5.75 Å². The van der Waals surface area contributed by atoms with Crippen LogP contribution in [0.1, 0.15) is 18.4 Å². The minimum absolute atomic E-state index is 0.0293. The van der Waals surface area contributed by atoms with E-state index in [0.29, 0.717) is 6.61 Å². The van der Waals surface area contributed by atoms with Gasteiger partial charge in [-0.25, -0.2) is 5.90 Å². The molecule has 0 amide bonds. The van der Waals surface area contributed by atoms with E-state index in [1.165, 1.54) is 0 Å². The highest BCUT2D eigenvalue weighted by Gasteiger charge is 2.47. The monoisotopic (exact) mass is 227 g/mol. The standard InChI is InChI=1S/C11H14ClNO2/c1-14-9-4-2-3-8(12)10(9)11(5-6-11)7-15-13/h2-4H,5-7,13H2,1H3. The second kappa shape index (κ2) is 4.00. The van der Waals surface area contributed by atoms with E-state index in [0.717, 1.165) is 29.2 Å². The van der Waals surface area contributed by atoms with Gasteiger partial charge < -0.3 is 9.57 Å². The van der Waals surface area contributed by atoms with Gasteiger partial charge in [0, 0.05) is 16.0 Å². The third kappa shape index (κ3) is 1.83. The highest BCUT2D eigenvalue weighted by Crippen LogP contribution is 2.53. The molecule has 1 saturated carbocycles. The lowest BCUT2D eigenvalue weighted by Gasteiger charge is -2.18. The smallest absolute Gasteiger partial charge is 0.124 e. The fourth-order valence-electron chi connectivity index (χ4n) is 1.97. The molecule has 15 heavy (non-hydrogen) atoms. The number of methoxy groups -OCH3 is 1. The van der Waals surface area contributed by atoms with E-state index in [4.69, 9.17) is 27.1 Å². The lowest BCUT2D eigenvalue weighted by Crippen LogP contribution is -2.19. The van der Waals surface area contributed by atoms with Gasteiger partial charge in [-0.05, 0) is 25.0 Å². The first-order valence-electron chi connectivity index (χ1n) is 4.88. The normalized spacial score (nSPS) is 17.5. The number of hydrogen-bond donors (Lipinski definition) is 1. The van der Waals surface area contributed by atoms with Gasteiger partial charge in [0.2, 0.25) is 0 Å². The fraction of sp³-hybridized carbons (Fsp3) is 0.455. The molecule has 82 valence electrons. The zero-order valence-corrected chi connectivity index (χ0v) is 9.38. The topological polar surface area (TPSA) is 44.5 Å². The van der Waals surface area contributed by atoms with Gasteiger partial charge in [0.25, 0.3) is 0 Å². The molecular weight excluding hydrogens is 214 g/mol. The maximum Gasteiger partial charge on any atom is 0.124 e. The second-order valence-electron chi connectivity index (χ2n) is 3.91. The van der Waals surface area contributed by atoms with Crippen LogP contribution in [0.25, 0.3) is 0 Å². The largest absolute Gasteiger partial charge is 0.496 e. The molecule has 0 heterocycles. The van der Waals surface area contributed by atoms with Gasteiger partial charge in [0.15, 0.2) is 0 Å². The summed E-state index contributed by atoms with van der Waals surface area (Å²) in [4.78, 5) is 4.76. The van der Waals surface area contributed by atoms with E-state index in [2.05, 4.69) is 0 Å². The summed E-state index contributed by atoms with van der Waals surface area (Å²) in [6, 6.07) is 5.66. The van der Waals surface area contributed by atoms with Crippen LogP contribution in [0.2, 0.25) is 5.02 Å². The first kappa shape index (κ1) is 10.7. The van der Waals surface area contributed by atoms with Crippen molar-refractivity contribution in [3.05, 3.63) is 28.8 Å². The molecule has 0 bridgehead atoms. The molecule has 1 aromatic rings. The van der Waals surface area contributed by atoms with Crippen LogP contribution in [0.4, 0.5) is 0 Å². The fourth-order valence-corrected chi connectivity index (χ4v) is 2.33. The van der Waals surface area contributed by atoms with Gasteiger partial charge >= 0.3 is 0 Å². The Hall–Kier alpha value is -0.770. The minimum atomic E-state index is -0.0293. The predicted molar refractivity (Wildman–Crippen MR) is 59.1 cm³/mol. The van der Waals surface area contributed by atoms with E-state index in [1.807, 2.05) is 18.2 Å². The zero-order valence-electron chi connectivity index (χ0n) is 8.63. The van der Waals surface area contributed by atoms with E-state index in [-0.39, 0.29) is 5.41 Å². The Labute approximate surface area is 94.1 Å². The van der Waals surface area contributed by atoms with Crippen molar-refractivity contribution in [3.8, 4) is 5.75 Å². The summed E-state index contributed by atoms with van der Waals surface area (Å²) >= 11 is 6.19. The summed E-state index contributed by atoms with van der Waals surface area (Å²) in [6.45, 7) is 0.493. The molecule has 4 heteroatoms. The Morgan fingerprint density at radius 2 is 2.20 bits per heavy atom. The first-order chi connectivity index (χ1) is 7.23. The Balaban J connectivity index is 2.42. The third-order valence-corrected chi connectivity index (χ3v) is 3.25. The average Bonchev–Trinajstić information content (AvgIpc) is 2.98. The van der Waals surface area contributed by atoms with Gasteiger partial charge in [0.1, 0.15) is 5.75 Å². The van der Waals surface area contributed by atoms with Crippen LogP contribution in [-0.2, 0) is 10.3 Å². The Kier molecular flexibility index (Phi) is 2.87. The minimum Gasteiger partial charge on any atom is -0.496 e. The molecule has 0 radical (unpaired) electrons. The predicted octanol–water partition coefficient (Wildman–Crippen LogP) is 2.27. The van der Waals surface area contributed by atoms with Gasteiger partial charge in [-0.1, -0.05) is 17.7 Å². The van der Waals surface area contributed by atoms with Crippen molar-refractivity contribution in [1.82, 2.24) is 0 Å². The molecule has 1 aromatic carbocycles. The summed E-state index contributed by atoms with van der Waals surface area (Å²) < 4.78 is 5.32. The number of benzene rings is 1. The number of nitrogens with two attached hydrogens (primary N) is 1. The molecule has 1 aliphatic carbocycles. The summed E-state index contributed by atoms with van der Waals surface area (Å²) in [7, 11) is 1.65. The second-order valence-corrected chi connectivity index (χ2v) is 4.32. The summed E-state index contributed by atoms with van der Waals surface area (Å²) in [5.41, 5.74) is 0.998. The molecule has 0 spiro atoms. The Morgan fingerprint density at radius 3 is 2.73 bits per heavy atom. The molecule has 1 aliphatic rings. The lowest BCUT2D eigenvalue weighted by atomic mass is 9.96. The quantitative estimate of drug-likeness (QED) is 0.803. The van der Waals surface area contributed by atoms with E-state index < -0.39 is 0 Å².